The second kappa shape index (κ2) is 16.5. The number of amides is 2. The summed E-state index contributed by atoms with van der Waals surface area (Å²) in [5.74, 6) is -2.87. The van der Waals surface area contributed by atoms with Crippen LogP contribution in [0.25, 0.3) is 0 Å². The van der Waals surface area contributed by atoms with Crippen molar-refractivity contribution in [3.05, 3.63) is 88.0 Å². The van der Waals surface area contributed by atoms with Crippen molar-refractivity contribution in [1.82, 2.24) is 0 Å². The summed E-state index contributed by atoms with van der Waals surface area (Å²) in [6.45, 7) is 13.3. The van der Waals surface area contributed by atoms with E-state index in [-0.39, 0.29) is 13.2 Å². The minimum absolute atomic E-state index is 0.194. The predicted molar refractivity (Wildman–Crippen MR) is 160 cm³/mol. The fourth-order valence-electron chi connectivity index (χ4n) is 3.20. The molecule has 40 heavy (non-hydrogen) atoms. The summed E-state index contributed by atoms with van der Waals surface area (Å²) in [7, 11) is 0. The van der Waals surface area contributed by atoms with Gasteiger partial charge in [-0.1, -0.05) is 36.4 Å². The van der Waals surface area contributed by atoms with Crippen molar-refractivity contribution in [2.24, 2.45) is 5.73 Å². The lowest BCUT2D eigenvalue weighted by atomic mass is 10.1. The van der Waals surface area contributed by atoms with Gasteiger partial charge in [0.1, 0.15) is 0 Å². The number of ketones is 1. The fraction of sp³-hybridized carbons (Fsp3) is 0.290. The molecule has 0 atom stereocenters. The summed E-state index contributed by atoms with van der Waals surface area (Å²) in [6.07, 6.45) is 0. The van der Waals surface area contributed by atoms with E-state index in [9.17, 15) is 19.2 Å². The highest BCUT2D eigenvalue weighted by Gasteiger charge is 2.16. The minimum Gasteiger partial charge on any atom is -0.459 e. The lowest BCUT2D eigenvalue weighted by Crippen LogP contribution is -2.29. The Kier molecular flexibility index (Phi) is 13.8. The molecule has 3 aromatic carbocycles. The first kappa shape index (κ1) is 33.5. The summed E-state index contributed by atoms with van der Waals surface area (Å²) < 4.78 is 4.60. The van der Waals surface area contributed by atoms with Crippen LogP contribution in [0.15, 0.2) is 54.6 Å². The Hall–Kier alpha value is -4.50. The van der Waals surface area contributed by atoms with Crippen LogP contribution in [-0.2, 0) is 23.9 Å². The fourth-order valence-corrected chi connectivity index (χ4v) is 3.20. The molecule has 0 saturated carbocycles. The lowest BCUT2D eigenvalue weighted by molar-refractivity contribution is -0.152. The third-order valence-electron chi connectivity index (χ3n) is 6.25. The first-order valence-corrected chi connectivity index (χ1v) is 12.8. The highest BCUT2D eigenvalue weighted by molar-refractivity contribution is 6.41. The van der Waals surface area contributed by atoms with Gasteiger partial charge in [0.05, 0.1) is 13.2 Å². The van der Waals surface area contributed by atoms with Crippen LogP contribution < -0.4 is 22.1 Å². The predicted octanol–water partition coefficient (Wildman–Crippen LogP) is 4.46. The quantitative estimate of drug-likeness (QED) is 0.208. The average Bonchev–Trinajstić information content (AvgIpc) is 2.92. The summed E-state index contributed by atoms with van der Waals surface area (Å²) in [5.41, 5.74) is 19.4. The van der Waals surface area contributed by atoms with E-state index < -0.39 is 23.6 Å². The van der Waals surface area contributed by atoms with Crippen LogP contribution in [0.3, 0.4) is 0 Å². The zero-order valence-electron chi connectivity index (χ0n) is 24.3. The second-order valence-corrected chi connectivity index (χ2v) is 9.04. The largest absolute Gasteiger partial charge is 0.459 e. The molecule has 2 amide bonds. The number of nitrogen functional groups attached to an aromatic ring is 1. The van der Waals surface area contributed by atoms with Crippen LogP contribution in [0.4, 0.5) is 17.1 Å². The normalized spacial score (nSPS) is 9.70. The first-order valence-electron chi connectivity index (χ1n) is 12.8. The van der Waals surface area contributed by atoms with Crippen molar-refractivity contribution in [3.8, 4) is 0 Å². The van der Waals surface area contributed by atoms with Crippen molar-refractivity contribution in [3.63, 3.8) is 0 Å². The molecule has 6 N–H and O–H groups in total. The van der Waals surface area contributed by atoms with Gasteiger partial charge in [0.2, 0.25) is 5.78 Å². The summed E-state index contributed by atoms with van der Waals surface area (Å²) in [4.78, 5) is 44.7. The number of aryl methyl sites for hydroxylation is 3. The maximum absolute atomic E-state index is 11.4. The zero-order chi connectivity index (χ0) is 30.4. The van der Waals surface area contributed by atoms with E-state index in [1.807, 2.05) is 71.0 Å². The smallest absolute Gasteiger partial charge is 0.397 e. The van der Waals surface area contributed by atoms with Gasteiger partial charge in [-0.15, -0.1) is 0 Å². The van der Waals surface area contributed by atoms with Crippen LogP contribution >= 0.6 is 0 Å². The molecule has 0 bridgehead atoms. The van der Waals surface area contributed by atoms with Crippen molar-refractivity contribution in [2.45, 2.75) is 48.5 Å². The average molecular weight is 549 g/mol. The summed E-state index contributed by atoms with van der Waals surface area (Å²) in [6, 6.07) is 17.0. The third-order valence-corrected chi connectivity index (χ3v) is 6.25. The Morgan fingerprint density at radius 1 is 0.675 bits per heavy atom. The van der Waals surface area contributed by atoms with Crippen LogP contribution in [0.5, 0.6) is 0 Å². The molecule has 0 aromatic heterocycles. The Bertz CT molecular complexity index is 1330. The topological polar surface area (TPSA) is 154 Å². The SMILES string of the molecule is CCOC(=O)C(=O)Nc1cccc(C)c1C.Cc1cccc(N)c1C.Cc1cccc(NC(=O)C(=O)CN)c1C. The van der Waals surface area contributed by atoms with Crippen LogP contribution in [0.1, 0.15) is 40.3 Å². The maximum atomic E-state index is 11.4. The van der Waals surface area contributed by atoms with E-state index in [0.29, 0.717) is 11.4 Å². The third kappa shape index (κ3) is 10.3. The number of nitrogens with one attached hydrogen (secondary N) is 2. The van der Waals surface area contributed by atoms with Gasteiger partial charge in [0, 0.05) is 17.1 Å². The molecule has 0 unspecified atom stereocenters. The minimum atomic E-state index is -0.858. The Labute approximate surface area is 236 Å². The number of hydrogen-bond acceptors (Lipinski definition) is 7. The number of hydrogen-bond donors (Lipinski definition) is 4. The number of rotatable bonds is 5. The molecule has 0 aliphatic heterocycles. The number of Topliss-reactive ketones (excluding diaryl/α,β-unsaturated/α-hetero) is 1. The maximum Gasteiger partial charge on any atom is 0.397 e. The second-order valence-electron chi connectivity index (χ2n) is 9.04. The molecule has 0 aliphatic carbocycles. The molecule has 3 aromatic rings. The molecule has 9 heteroatoms. The number of carbonyl (C=O) groups is 4. The number of esters is 1. The van der Waals surface area contributed by atoms with Crippen molar-refractivity contribution in [2.75, 3.05) is 29.5 Å². The molecule has 0 aliphatic rings. The number of carbonyl (C=O) groups excluding carboxylic acids is 4. The highest BCUT2D eigenvalue weighted by atomic mass is 16.5. The van der Waals surface area contributed by atoms with Gasteiger partial charge in [-0.2, -0.15) is 0 Å². The van der Waals surface area contributed by atoms with E-state index in [1.54, 1.807) is 19.1 Å². The molecular weight excluding hydrogens is 508 g/mol. The number of anilines is 3. The van der Waals surface area contributed by atoms with Gasteiger partial charge >= 0.3 is 11.9 Å². The number of ether oxygens (including phenoxy) is 1. The summed E-state index contributed by atoms with van der Waals surface area (Å²) in [5, 5.41) is 5.06. The van der Waals surface area contributed by atoms with Gasteiger partial charge in [0.25, 0.3) is 5.91 Å². The Morgan fingerprint density at radius 3 is 1.50 bits per heavy atom. The van der Waals surface area contributed by atoms with Gasteiger partial charge in [0.15, 0.2) is 0 Å². The monoisotopic (exact) mass is 548 g/mol. The van der Waals surface area contributed by atoms with Gasteiger partial charge in [-0.3, -0.25) is 14.4 Å². The molecular formula is C31H40N4O5. The molecule has 0 saturated heterocycles. The molecule has 3 rings (SSSR count). The van der Waals surface area contributed by atoms with E-state index in [4.69, 9.17) is 11.5 Å². The lowest BCUT2D eigenvalue weighted by Gasteiger charge is -2.09. The van der Waals surface area contributed by atoms with Crippen LogP contribution in [0, 0.1) is 41.5 Å². The zero-order valence-corrected chi connectivity index (χ0v) is 24.3. The molecule has 214 valence electrons. The molecule has 9 nitrogen and oxygen atoms in total. The van der Waals surface area contributed by atoms with Gasteiger partial charge in [-0.05, 0) is 100 Å². The van der Waals surface area contributed by atoms with Gasteiger partial charge in [-0.25, -0.2) is 4.79 Å². The van der Waals surface area contributed by atoms with Gasteiger partial charge < -0.3 is 26.8 Å². The van der Waals surface area contributed by atoms with Crippen LogP contribution in [-0.4, -0.2) is 36.7 Å². The standard InChI is InChI=1S/C12H15NO3.C11H14N2O2.C8H11N/c1-4-16-12(15)11(14)13-10-7-5-6-8(2)9(10)3;1-7-4-3-5-9(8(7)2)13-11(15)10(14)6-12;1-6-4-3-5-8(9)7(6)2/h5-7H,4H2,1-3H3,(H,13,14);3-5H,6,12H2,1-2H3,(H,13,15);3-5H,9H2,1-2H3. The Morgan fingerprint density at radius 2 is 1.10 bits per heavy atom. The number of nitrogens with two attached hydrogens (primary N) is 2. The van der Waals surface area contributed by atoms with E-state index in [2.05, 4.69) is 28.4 Å². The van der Waals surface area contributed by atoms with Crippen LogP contribution in [0.2, 0.25) is 0 Å². The molecule has 0 radical (unpaired) electrons. The van der Waals surface area contributed by atoms with E-state index in [0.717, 1.165) is 27.9 Å². The molecule has 0 heterocycles. The van der Waals surface area contributed by atoms with Crippen molar-refractivity contribution < 1.29 is 23.9 Å². The van der Waals surface area contributed by atoms with Crippen molar-refractivity contribution in [1.29, 1.82) is 0 Å². The van der Waals surface area contributed by atoms with Crippen molar-refractivity contribution >= 4 is 40.6 Å². The first-order chi connectivity index (χ1) is 18.8. The molecule has 0 spiro atoms. The molecule has 0 fully saturated rings. The Balaban J connectivity index is 0.000000311. The number of benzene rings is 3. The summed E-state index contributed by atoms with van der Waals surface area (Å²) >= 11 is 0. The van der Waals surface area contributed by atoms with E-state index in [1.165, 1.54) is 11.1 Å². The highest BCUT2D eigenvalue weighted by Crippen LogP contribution is 2.18. The van der Waals surface area contributed by atoms with E-state index >= 15 is 0 Å².